The Labute approximate surface area is 244 Å². The molecule has 10 N–H and O–H groups in total. The Kier molecular flexibility index (Phi) is 21.2. The number of para-hydroxylation sites is 1. The lowest BCUT2D eigenvalue weighted by molar-refractivity contribution is -0.193. The van der Waals surface area contributed by atoms with Crippen LogP contribution >= 0.6 is 0 Å². The molecule has 0 aliphatic heterocycles. The van der Waals surface area contributed by atoms with E-state index in [-0.39, 0.29) is 0 Å². The predicted octanol–water partition coefficient (Wildman–Crippen LogP) is 4.03. The molecule has 0 aliphatic rings. The number of nitrogens with zero attached hydrogens (tertiary/aromatic N) is 1. The third-order valence-electron chi connectivity index (χ3n) is 4.95. The Morgan fingerprint density at radius 1 is 0.568 bits per heavy atom. The molecule has 1 aromatic carbocycles. The van der Waals surface area contributed by atoms with Gasteiger partial charge in [0.05, 0.1) is 5.54 Å². The van der Waals surface area contributed by atoms with Crippen LogP contribution in [0, 0.1) is 0 Å². The van der Waals surface area contributed by atoms with E-state index in [0.29, 0.717) is 44.6 Å². The minimum Gasteiger partial charge on any atom is -0.475 e. The molecule has 0 radical (unpaired) electrons. The van der Waals surface area contributed by atoms with Crippen molar-refractivity contribution in [2.24, 2.45) is 17.2 Å². The molecule has 0 atom stereocenters. The summed E-state index contributed by atoms with van der Waals surface area (Å²) in [6, 6.07) is 9.24. The van der Waals surface area contributed by atoms with E-state index in [2.05, 4.69) is 0 Å². The summed E-state index contributed by atoms with van der Waals surface area (Å²) in [5, 5.41) is 31.3. The maximum absolute atomic E-state index is 12.1. The smallest absolute Gasteiger partial charge is 0.475 e. The molecule has 0 aliphatic carbocycles. The van der Waals surface area contributed by atoms with E-state index in [1.54, 1.807) is 0 Å². The number of nitrogens with two attached hydrogens (primary N) is 3. The Morgan fingerprint density at radius 3 is 1.00 bits per heavy atom. The van der Waals surface area contributed by atoms with Crippen LogP contribution in [-0.2, 0) is 14.4 Å². The number of anilines is 1. The van der Waals surface area contributed by atoms with E-state index < -0.39 is 48.1 Å². The number of amides is 1. The zero-order chi connectivity index (χ0) is 35.4. The average Bonchev–Trinajstić information content (AvgIpc) is 2.89. The quantitative estimate of drug-likeness (QED) is 0.167. The maximum atomic E-state index is 12.1. The largest absolute Gasteiger partial charge is 0.490 e. The molecule has 1 aromatic rings. The minimum absolute atomic E-state index is 0.509. The molecule has 1 amide bonds. The number of alkyl halides is 9. The molecule has 0 spiro atoms. The van der Waals surface area contributed by atoms with Crippen molar-refractivity contribution in [3.8, 4) is 0 Å². The van der Waals surface area contributed by atoms with E-state index in [9.17, 15) is 49.4 Å². The van der Waals surface area contributed by atoms with Crippen molar-refractivity contribution in [1.29, 1.82) is 0 Å². The first kappa shape index (κ1) is 44.6. The van der Waals surface area contributed by atoms with Gasteiger partial charge in [-0.25, -0.2) is 19.2 Å². The number of carboxylic acid groups (broad SMARTS) is 4. The standard InChI is InChI=1S/C17H30N4O2.3C2HF3O2/c18-12-4-9-17(10-5-13-19,11-6-14-20)21(16(22)23)15-7-2-1-3-8-15;3*3-2(4,5)1(6)7/h1-3,7-8H,4-6,9-14,18-20H2,(H,22,23);3*(H,6,7). The first-order valence-corrected chi connectivity index (χ1v) is 12.0. The number of carbonyl (C=O) groups is 4. The summed E-state index contributed by atoms with van der Waals surface area (Å²) in [5.41, 5.74) is 17.3. The first-order chi connectivity index (χ1) is 19.9. The monoisotopic (exact) mass is 664 g/mol. The highest BCUT2D eigenvalue weighted by Crippen LogP contribution is 2.36. The van der Waals surface area contributed by atoms with Gasteiger partial charge in [-0.3, -0.25) is 4.90 Å². The van der Waals surface area contributed by atoms with Gasteiger partial charge in [-0.05, 0) is 70.3 Å². The molecule has 21 heteroatoms. The fraction of sp³-hybridized carbons (Fsp3) is 0.565. The average molecular weight is 665 g/mol. The van der Waals surface area contributed by atoms with Gasteiger partial charge < -0.3 is 37.6 Å². The second-order valence-corrected chi connectivity index (χ2v) is 8.26. The van der Waals surface area contributed by atoms with Crippen LogP contribution in [0.1, 0.15) is 38.5 Å². The Balaban J connectivity index is -0.000000649. The Bertz CT molecular complexity index is 914. The zero-order valence-corrected chi connectivity index (χ0v) is 22.8. The molecule has 44 heavy (non-hydrogen) atoms. The lowest BCUT2D eigenvalue weighted by atomic mass is 9.81. The molecular weight excluding hydrogens is 631 g/mol. The van der Waals surface area contributed by atoms with E-state index in [4.69, 9.17) is 46.9 Å². The summed E-state index contributed by atoms with van der Waals surface area (Å²) in [6.45, 7) is 1.61. The maximum Gasteiger partial charge on any atom is 0.490 e. The molecule has 1 rings (SSSR count). The molecule has 0 saturated carbocycles. The van der Waals surface area contributed by atoms with Gasteiger partial charge in [0, 0.05) is 5.69 Å². The van der Waals surface area contributed by atoms with Crippen molar-refractivity contribution in [1.82, 2.24) is 0 Å². The van der Waals surface area contributed by atoms with Gasteiger partial charge in [0.2, 0.25) is 0 Å². The number of carboxylic acids is 3. The number of halogens is 9. The van der Waals surface area contributed by atoms with Gasteiger partial charge in [0.15, 0.2) is 0 Å². The number of rotatable bonds is 11. The lowest BCUT2D eigenvalue weighted by Crippen LogP contribution is -2.52. The normalized spacial score (nSPS) is 11.4. The van der Waals surface area contributed by atoms with E-state index >= 15 is 0 Å². The highest BCUT2D eigenvalue weighted by Gasteiger charge is 2.40. The third kappa shape index (κ3) is 20.1. The molecule has 0 unspecified atom stereocenters. The SMILES string of the molecule is NCCCC(CCCN)(CCCN)N(C(=O)O)c1ccccc1.O=C(O)C(F)(F)F.O=C(O)C(F)(F)F.O=C(O)C(F)(F)F. The fourth-order valence-corrected chi connectivity index (χ4v) is 3.17. The molecule has 0 heterocycles. The number of hydrogen-bond acceptors (Lipinski definition) is 7. The highest BCUT2D eigenvalue weighted by atomic mass is 19.4. The van der Waals surface area contributed by atoms with Gasteiger partial charge >= 0.3 is 42.5 Å². The second-order valence-electron chi connectivity index (χ2n) is 8.26. The van der Waals surface area contributed by atoms with Crippen molar-refractivity contribution in [2.75, 3.05) is 24.5 Å². The summed E-state index contributed by atoms with van der Waals surface area (Å²) in [4.78, 5) is 40.3. The van der Waals surface area contributed by atoms with Crippen LogP contribution in [0.5, 0.6) is 0 Å². The molecule has 0 aromatic heterocycles. The van der Waals surface area contributed by atoms with Crippen LogP contribution in [0.25, 0.3) is 0 Å². The molecule has 0 fully saturated rings. The number of benzene rings is 1. The summed E-state index contributed by atoms with van der Waals surface area (Å²) in [5.74, 6) is -8.27. The second kappa shape index (κ2) is 21.0. The summed E-state index contributed by atoms with van der Waals surface area (Å²) < 4.78 is 95.2. The molecule has 0 saturated heterocycles. The van der Waals surface area contributed by atoms with Gasteiger partial charge in [0.25, 0.3) is 0 Å². The lowest BCUT2D eigenvalue weighted by Gasteiger charge is -2.43. The van der Waals surface area contributed by atoms with E-state index in [1.165, 1.54) is 4.90 Å². The molecule has 0 bridgehead atoms. The van der Waals surface area contributed by atoms with Crippen LogP contribution in [0.4, 0.5) is 50.0 Å². The van der Waals surface area contributed by atoms with Gasteiger partial charge in [0.1, 0.15) is 0 Å². The third-order valence-corrected chi connectivity index (χ3v) is 4.95. The van der Waals surface area contributed by atoms with Gasteiger partial charge in [-0.2, -0.15) is 39.5 Å². The van der Waals surface area contributed by atoms with E-state index in [0.717, 1.165) is 19.3 Å². The van der Waals surface area contributed by atoms with E-state index in [1.807, 2.05) is 30.3 Å². The minimum atomic E-state index is -5.08. The predicted molar refractivity (Wildman–Crippen MR) is 136 cm³/mol. The van der Waals surface area contributed by atoms with Crippen molar-refractivity contribution in [2.45, 2.75) is 62.6 Å². The van der Waals surface area contributed by atoms with Crippen molar-refractivity contribution >= 4 is 29.7 Å². The molecule has 12 nitrogen and oxygen atoms in total. The summed E-state index contributed by atoms with van der Waals surface area (Å²) in [6.07, 6.45) is -11.7. The topological polar surface area (TPSA) is 230 Å². The van der Waals surface area contributed by atoms with Crippen LogP contribution < -0.4 is 22.1 Å². The number of hydrogen-bond donors (Lipinski definition) is 7. The molecular formula is C23H33F9N4O8. The van der Waals surface area contributed by atoms with Crippen LogP contribution in [0.2, 0.25) is 0 Å². The fourth-order valence-electron chi connectivity index (χ4n) is 3.17. The van der Waals surface area contributed by atoms with Crippen LogP contribution in [-0.4, -0.2) is 88.1 Å². The Morgan fingerprint density at radius 2 is 0.818 bits per heavy atom. The number of aliphatic carboxylic acids is 3. The van der Waals surface area contributed by atoms with Crippen molar-refractivity contribution in [3.05, 3.63) is 30.3 Å². The van der Waals surface area contributed by atoms with Gasteiger partial charge in [-0.1, -0.05) is 18.2 Å². The highest BCUT2D eigenvalue weighted by molar-refractivity contribution is 5.87. The van der Waals surface area contributed by atoms with Crippen molar-refractivity contribution in [3.63, 3.8) is 0 Å². The zero-order valence-electron chi connectivity index (χ0n) is 22.8. The van der Waals surface area contributed by atoms with Crippen LogP contribution in [0.15, 0.2) is 30.3 Å². The van der Waals surface area contributed by atoms with Crippen LogP contribution in [0.3, 0.4) is 0 Å². The Hall–Kier alpha value is -3.85. The van der Waals surface area contributed by atoms with Crippen molar-refractivity contribution < 1.29 is 79.1 Å². The molecule has 256 valence electrons. The summed E-state index contributed by atoms with van der Waals surface area (Å²) in [7, 11) is 0. The van der Waals surface area contributed by atoms with Gasteiger partial charge in [-0.15, -0.1) is 0 Å². The first-order valence-electron chi connectivity index (χ1n) is 12.0. The summed E-state index contributed by atoms with van der Waals surface area (Å²) >= 11 is 0.